The van der Waals surface area contributed by atoms with E-state index in [1.54, 1.807) is 0 Å². The summed E-state index contributed by atoms with van der Waals surface area (Å²) in [6, 6.07) is 0. The van der Waals surface area contributed by atoms with E-state index >= 15 is 0 Å². The van der Waals surface area contributed by atoms with E-state index in [1.165, 1.54) is 12.8 Å². The van der Waals surface area contributed by atoms with Crippen LogP contribution in [0.15, 0.2) is 0 Å². The van der Waals surface area contributed by atoms with Crippen LogP contribution in [0.1, 0.15) is 57.8 Å². The third kappa shape index (κ3) is 11.1. The van der Waals surface area contributed by atoms with E-state index in [-0.39, 0.29) is 18.8 Å². The van der Waals surface area contributed by atoms with E-state index in [0.29, 0.717) is 6.42 Å². The van der Waals surface area contributed by atoms with Crippen molar-refractivity contribution >= 4 is 15.2 Å². The van der Waals surface area contributed by atoms with Crippen LogP contribution in [0.5, 0.6) is 0 Å². The molecule has 0 radical (unpaired) electrons. The lowest BCUT2D eigenvalue weighted by atomic mass is 10.1. The molecule has 0 atom stereocenters. The third-order valence-electron chi connectivity index (χ3n) is 4.02. The van der Waals surface area contributed by atoms with Gasteiger partial charge in [0.2, 0.25) is 0 Å². The van der Waals surface area contributed by atoms with Gasteiger partial charge in [0.15, 0.2) is 0 Å². The first-order valence-electron chi connectivity index (χ1n) is 8.35. The summed E-state index contributed by atoms with van der Waals surface area (Å²) in [6.07, 6.45) is 6.46. The molecule has 0 heterocycles. The zero-order valence-electron chi connectivity index (χ0n) is 15.3. The molecule has 11 heteroatoms. The smallest absolute Gasteiger partial charge is 0.369 e. The van der Waals surface area contributed by atoms with E-state index in [4.69, 9.17) is 19.6 Å². The van der Waals surface area contributed by atoms with Gasteiger partial charge < -0.3 is 41.6 Å². The summed E-state index contributed by atoms with van der Waals surface area (Å²) in [5, 5.41) is 6.46. The molecule has 0 aromatic rings. The van der Waals surface area contributed by atoms with Crippen molar-refractivity contribution in [2.24, 2.45) is 0 Å². The Bertz CT molecular complexity index is 437. The molecule has 154 valence electrons. The second-order valence-corrected chi connectivity index (χ2v) is 11.5. The first-order valence-corrected chi connectivity index (χ1v) is 11.6. The fraction of sp³-hybridized carbons (Fsp3) is 1.00. The number of nitrogens with zero attached hydrogens (tertiary/aromatic N) is 1. The number of halogens is 1. The van der Waals surface area contributed by atoms with Crippen LogP contribution in [-0.4, -0.2) is 61.9 Å². The molecule has 0 aromatic heterocycles. The normalized spacial score (nSPS) is 13.6. The number of aliphatic hydroxyl groups is 1. The Labute approximate surface area is 157 Å². The molecule has 0 unspecified atom stereocenters. The molecule has 0 aromatic carbocycles. The van der Waals surface area contributed by atoms with Crippen molar-refractivity contribution in [1.82, 2.24) is 0 Å². The van der Waals surface area contributed by atoms with Gasteiger partial charge in [0.25, 0.3) is 5.08 Å². The molecule has 0 aliphatic heterocycles. The van der Waals surface area contributed by atoms with E-state index in [2.05, 4.69) is 21.1 Å². The fourth-order valence-corrected chi connectivity index (χ4v) is 4.73. The van der Waals surface area contributed by atoms with Gasteiger partial charge in [0.1, 0.15) is 0 Å². The maximum Gasteiger partial charge on any atom is 0.369 e. The van der Waals surface area contributed by atoms with Crippen molar-refractivity contribution in [1.29, 1.82) is 0 Å². The maximum absolute atomic E-state index is 11.2. The average Bonchev–Trinajstić information content (AvgIpc) is 2.36. The number of hydrogen-bond donors (Lipinski definition) is 5. The van der Waals surface area contributed by atoms with Crippen LogP contribution in [0.4, 0.5) is 0 Å². The van der Waals surface area contributed by atoms with E-state index in [1.807, 2.05) is 0 Å². The third-order valence-corrected chi connectivity index (χ3v) is 7.90. The SMILES string of the molecule is C[N+](C)(C)CCCCCCCCCCC(O)(P(=O)(O)O)P(=O)(O)O.[Cl-]. The Hall–Kier alpha value is 0.510. The van der Waals surface area contributed by atoms with Crippen LogP contribution in [0, 0.1) is 0 Å². The minimum Gasteiger partial charge on any atom is -1.00 e. The van der Waals surface area contributed by atoms with Crippen molar-refractivity contribution < 1.29 is 50.7 Å². The van der Waals surface area contributed by atoms with Gasteiger partial charge in [-0.2, -0.15) is 0 Å². The molecule has 0 spiro atoms. The van der Waals surface area contributed by atoms with Crippen LogP contribution in [0.3, 0.4) is 0 Å². The Morgan fingerprint density at radius 1 is 0.720 bits per heavy atom. The lowest BCUT2D eigenvalue weighted by Gasteiger charge is -2.29. The fourth-order valence-electron chi connectivity index (χ4n) is 2.47. The summed E-state index contributed by atoms with van der Waals surface area (Å²) in [4.78, 5) is 36.1. The summed E-state index contributed by atoms with van der Waals surface area (Å²) in [5.74, 6) is 0. The zero-order valence-corrected chi connectivity index (χ0v) is 17.9. The second-order valence-electron chi connectivity index (χ2n) is 7.45. The highest BCUT2D eigenvalue weighted by atomic mass is 35.5. The predicted octanol–water partition coefficient (Wildman–Crippen LogP) is -0.791. The standard InChI is InChI=1S/C14H33NO7P2.ClH/c1-15(2,3)13-11-9-7-5-4-6-8-10-12-14(16,23(17,18)19)24(20,21)22;/h16H,4-13H2,1-3H3,(H3-,17,18,19,20,21,22);1H. The Morgan fingerprint density at radius 2 is 1.04 bits per heavy atom. The van der Waals surface area contributed by atoms with Gasteiger partial charge in [0.05, 0.1) is 27.7 Å². The topological polar surface area (TPSA) is 135 Å². The molecular weight excluding hydrogens is 392 g/mol. The molecule has 8 nitrogen and oxygen atoms in total. The van der Waals surface area contributed by atoms with Crippen molar-refractivity contribution in [2.45, 2.75) is 62.9 Å². The zero-order chi connectivity index (χ0) is 19.1. The summed E-state index contributed by atoms with van der Waals surface area (Å²) >= 11 is 0. The highest BCUT2D eigenvalue weighted by Crippen LogP contribution is 2.69. The van der Waals surface area contributed by atoms with E-state index < -0.39 is 26.7 Å². The van der Waals surface area contributed by atoms with Crippen molar-refractivity contribution in [3.05, 3.63) is 0 Å². The van der Waals surface area contributed by atoms with E-state index in [9.17, 15) is 14.2 Å². The van der Waals surface area contributed by atoms with Gasteiger partial charge in [-0.15, -0.1) is 0 Å². The summed E-state index contributed by atoms with van der Waals surface area (Å²) in [5.41, 5.74) is 0. The van der Waals surface area contributed by atoms with Crippen molar-refractivity contribution in [3.63, 3.8) is 0 Å². The second kappa shape index (κ2) is 11.4. The lowest BCUT2D eigenvalue weighted by Crippen LogP contribution is -3.00. The lowest BCUT2D eigenvalue weighted by molar-refractivity contribution is -0.870. The highest BCUT2D eigenvalue weighted by molar-refractivity contribution is 7.72. The minimum atomic E-state index is -5.31. The summed E-state index contributed by atoms with van der Waals surface area (Å²) < 4.78 is 23.3. The molecular formula is C14H34ClNO7P2. The van der Waals surface area contributed by atoms with Crippen LogP contribution in [0.2, 0.25) is 0 Å². The Balaban J connectivity index is 0. The molecule has 5 N–H and O–H groups in total. The first kappa shape index (κ1) is 27.7. The van der Waals surface area contributed by atoms with Gasteiger partial charge in [-0.1, -0.05) is 32.1 Å². The number of hydrogen-bond acceptors (Lipinski definition) is 3. The van der Waals surface area contributed by atoms with Crippen LogP contribution < -0.4 is 12.4 Å². The van der Waals surface area contributed by atoms with E-state index in [0.717, 1.165) is 36.7 Å². The molecule has 0 fully saturated rings. The molecule has 25 heavy (non-hydrogen) atoms. The quantitative estimate of drug-likeness (QED) is 0.148. The molecule has 0 saturated heterocycles. The van der Waals surface area contributed by atoms with Crippen LogP contribution in [0.25, 0.3) is 0 Å². The predicted molar refractivity (Wildman–Crippen MR) is 93.5 cm³/mol. The van der Waals surface area contributed by atoms with Gasteiger partial charge in [-0.05, 0) is 25.7 Å². The monoisotopic (exact) mass is 425 g/mol. The highest BCUT2D eigenvalue weighted by Gasteiger charge is 2.58. The first-order chi connectivity index (χ1) is 10.7. The summed E-state index contributed by atoms with van der Waals surface area (Å²) in [7, 11) is -4.12. The molecule has 0 aliphatic rings. The number of rotatable bonds is 13. The Kier molecular flexibility index (Phi) is 12.6. The van der Waals surface area contributed by atoms with Crippen molar-refractivity contribution in [3.8, 4) is 0 Å². The molecule has 0 rings (SSSR count). The molecule has 0 aliphatic carbocycles. The van der Waals surface area contributed by atoms with Gasteiger partial charge >= 0.3 is 15.2 Å². The Morgan fingerprint density at radius 3 is 1.36 bits per heavy atom. The molecule has 0 amide bonds. The minimum absolute atomic E-state index is 0. The largest absolute Gasteiger partial charge is 1.00 e. The van der Waals surface area contributed by atoms with Crippen LogP contribution >= 0.6 is 15.2 Å². The maximum atomic E-state index is 11.2. The van der Waals surface area contributed by atoms with Crippen LogP contribution in [-0.2, 0) is 9.13 Å². The summed E-state index contributed by atoms with van der Waals surface area (Å²) in [6.45, 7) is 1.14. The van der Waals surface area contributed by atoms with Crippen molar-refractivity contribution in [2.75, 3.05) is 27.7 Å². The molecule has 0 saturated carbocycles. The molecule has 0 bridgehead atoms. The number of unbranched alkanes of at least 4 members (excludes halogenated alkanes) is 7. The number of quaternary nitrogens is 1. The van der Waals surface area contributed by atoms with Gasteiger partial charge in [-0.3, -0.25) is 9.13 Å². The van der Waals surface area contributed by atoms with Gasteiger partial charge in [-0.25, -0.2) is 0 Å². The van der Waals surface area contributed by atoms with Gasteiger partial charge in [0, 0.05) is 0 Å². The average molecular weight is 426 g/mol.